The Morgan fingerprint density at radius 3 is 2.72 bits per heavy atom. The third kappa shape index (κ3) is 2.39. The second-order valence-electron chi connectivity index (χ2n) is 4.79. The van der Waals surface area contributed by atoms with Gasteiger partial charge >= 0.3 is 0 Å². The van der Waals surface area contributed by atoms with E-state index in [1.54, 1.807) is 0 Å². The minimum atomic E-state index is 0.632. The molecule has 1 atom stereocenters. The highest BCUT2D eigenvalue weighted by atomic mass is 32.2. The van der Waals surface area contributed by atoms with Crippen LogP contribution < -0.4 is 5.32 Å². The first-order valence-electron chi connectivity index (χ1n) is 6.35. The first kappa shape index (κ1) is 11.7. The summed E-state index contributed by atoms with van der Waals surface area (Å²) in [5, 5.41) is 3.54. The molecule has 18 heavy (non-hydrogen) atoms. The molecule has 0 fully saturated rings. The number of hydrogen-bond donors (Lipinski definition) is 1. The number of rotatable bonds is 3. The molecule has 1 aliphatic heterocycles. The predicted molar refractivity (Wildman–Crippen MR) is 79.6 cm³/mol. The van der Waals surface area contributed by atoms with Crippen LogP contribution in [0.1, 0.15) is 17.0 Å². The number of thioether (sulfide) groups is 1. The molecule has 1 nitrogen and oxygen atoms in total. The number of benzene rings is 2. The molecule has 1 aliphatic rings. The van der Waals surface area contributed by atoms with Crippen LogP contribution in [-0.4, -0.2) is 12.3 Å². The van der Waals surface area contributed by atoms with Gasteiger partial charge in [0.25, 0.3) is 0 Å². The normalized spacial score (nSPS) is 17.5. The summed E-state index contributed by atoms with van der Waals surface area (Å²) in [6, 6.07) is 17.4. The van der Waals surface area contributed by atoms with Crippen molar-refractivity contribution in [2.75, 3.05) is 17.6 Å². The molecule has 0 saturated carbocycles. The zero-order valence-corrected chi connectivity index (χ0v) is 11.3. The van der Waals surface area contributed by atoms with Crippen LogP contribution in [0.4, 0.5) is 5.69 Å². The van der Waals surface area contributed by atoms with Gasteiger partial charge in [0.15, 0.2) is 0 Å². The molecule has 0 saturated heterocycles. The third-order valence-corrected chi connectivity index (χ3v) is 4.65. The SMILES string of the molecule is Cc1ccc(NCC2CSc3ccccc32)cc1. The van der Waals surface area contributed by atoms with Gasteiger partial charge in [-0.1, -0.05) is 35.9 Å². The average molecular weight is 255 g/mol. The summed E-state index contributed by atoms with van der Waals surface area (Å²) in [6.07, 6.45) is 0. The fourth-order valence-electron chi connectivity index (χ4n) is 2.31. The van der Waals surface area contributed by atoms with Crippen LogP contribution >= 0.6 is 11.8 Å². The molecule has 0 bridgehead atoms. The Labute approximate surface area is 113 Å². The van der Waals surface area contributed by atoms with Crippen molar-refractivity contribution < 1.29 is 0 Å². The fraction of sp³-hybridized carbons (Fsp3) is 0.250. The van der Waals surface area contributed by atoms with Crippen LogP contribution in [0.15, 0.2) is 53.4 Å². The molecule has 92 valence electrons. The van der Waals surface area contributed by atoms with E-state index in [0.29, 0.717) is 5.92 Å². The van der Waals surface area contributed by atoms with Crippen LogP contribution in [0.25, 0.3) is 0 Å². The molecule has 2 heteroatoms. The van der Waals surface area contributed by atoms with Gasteiger partial charge in [0.2, 0.25) is 0 Å². The molecular weight excluding hydrogens is 238 g/mol. The van der Waals surface area contributed by atoms with Crippen LogP contribution in [-0.2, 0) is 0 Å². The minimum Gasteiger partial charge on any atom is -0.384 e. The Hall–Kier alpha value is -1.41. The van der Waals surface area contributed by atoms with Crippen LogP contribution in [0.3, 0.4) is 0 Å². The van der Waals surface area contributed by atoms with Crippen molar-refractivity contribution in [3.63, 3.8) is 0 Å². The molecule has 1 heterocycles. The number of aryl methyl sites for hydroxylation is 1. The summed E-state index contributed by atoms with van der Waals surface area (Å²) >= 11 is 1.97. The summed E-state index contributed by atoms with van der Waals surface area (Å²) in [5.74, 6) is 1.82. The van der Waals surface area contributed by atoms with Crippen molar-refractivity contribution in [2.45, 2.75) is 17.7 Å². The number of hydrogen-bond acceptors (Lipinski definition) is 2. The largest absolute Gasteiger partial charge is 0.384 e. The van der Waals surface area contributed by atoms with Crippen molar-refractivity contribution in [1.82, 2.24) is 0 Å². The van der Waals surface area contributed by atoms with E-state index in [0.717, 1.165) is 6.54 Å². The summed E-state index contributed by atoms with van der Waals surface area (Å²) in [4.78, 5) is 1.45. The molecule has 1 N–H and O–H groups in total. The van der Waals surface area contributed by atoms with Crippen molar-refractivity contribution in [2.24, 2.45) is 0 Å². The zero-order chi connectivity index (χ0) is 12.4. The lowest BCUT2D eigenvalue weighted by Crippen LogP contribution is -2.12. The lowest BCUT2D eigenvalue weighted by molar-refractivity contribution is 0.819. The van der Waals surface area contributed by atoms with Crippen molar-refractivity contribution >= 4 is 17.4 Å². The predicted octanol–water partition coefficient (Wildman–Crippen LogP) is 4.30. The Bertz CT molecular complexity index is 533. The second kappa shape index (κ2) is 5.07. The molecule has 2 aromatic rings. The molecule has 0 radical (unpaired) electrons. The van der Waals surface area contributed by atoms with E-state index in [1.165, 1.54) is 27.5 Å². The van der Waals surface area contributed by atoms with Crippen molar-refractivity contribution in [3.05, 3.63) is 59.7 Å². The number of anilines is 1. The van der Waals surface area contributed by atoms with Crippen LogP contribution in [0.2, 0.25) is 0 Å². The minimum absolute atomic E-state index is 0.632. The van der Waals surface area contributed by atoms with Crippen LogP contribution in [0, 0.1) is 6.92 Å². The second-order valence-corrected chi connectivity index (χ2v) is 5.85. The highest BCUT2D eigenvalue weighted by Crippen LogP contribution is 2.39. The van der Waals surface area contributed by atoms with Gasteiger partial charge in [-0.2, -0.15) is 0 Å². The van der Waals surface area contributed by atoms with Gasteiger partial charge in [-0.3, -0.25) is 0 Å². The highest BCUT2D eigenvalue weighted by Gasteiger charge is 2.21. The molecule has 0 aromatic heterocycles. The molecule has 0 aliphatic carbocycles. The van der Waals surface area contributed by atoms with Gasteiger partial charge in [0, 0.05) is 28.8 Å². The lowest BCUT2D eigenvalue weighted by atomic mass is 10.0. The van der Waals surface area contributed by atoms with E-state index in [2.05, 4.69) is 60.8 Å². The highest BCUT2D eigenvalue weighted by molar-refractivity contribution is 7.99. The maximum absolute atomic E-state index is 3.54. The molecule has 2 aromatic carbocycles. The van der Waals surface area contributed by atoms with Gasteiger partial charge in [0.1, 0.15) is 0 Å². The quantitative estimate of drug-likeness (QED) is 0.877. The summed E-state index contributed by atoms with van der Waals surface area (Å²) in [6.45, 7) is 3.14. The number of nitrogens with one attached hydrogen (secondary N) is 1. The Morgan fingerprint density at radius 1 is 1.11 bits per heavy atom. The third-order valence-electron chi connectivity index (χ3n) is 3.40. The van der Waals surface area contributed by atoms with Gasteiger partial charge in [-0.25, -0.2) is 0 Å². The maximum atomic E-state index is 3.54. The van der Waals surface area contributed by atoms with E-state index in [4.69, 9.17) is 0 Å². The van der Waals surface area contributed by atoms with E-state index in [1.807, 2.05) is 11.8 Å². The monoisotopic (exact) mass is 255 g/mol. The van der Waals surface area contributed by atoms with Crippen molar-refractivity contribution in [3.8, 4) is 0 Å². The Balaban J connectivity index is 1.67. The van der Waals surface area contributed by atoms with Gasteiger partial charge in [0.05, 0.1) is 0 Å². The molecule has 3 rings (SSSR count). The Morgan fingerprint density at radius 2 is 1.89 bits per heavy atom. The standard InChI is InChI=1S/C16H17NS/c1-12-6-8-14(9-7-12)17-10-13-11-18-16-5-3-2-4-15(13)16/h2-9,13,17H,10-11H2,1H3. The average Bonchev–Trinajstić information content (AvgIpc) is 2.82. The zero-order valence-electron chi connectivity index (χ0n) is 10.5. The van der Waals surface area contributed by atoms with E-state index in [9.17, 15) is 0 Å². The summed E-state index contributed by atoms with van der Waals surface area (Å²) < 4.78 is 0. The fourth-order valence-corrected chi connectivity index (χ4v) is 3.57. The molecule has 0 spiro atoms. The smallest absolute Gasteiger partial charge is 0.0340 e. The van der Waals surface area contributed by atoms with E-state index < -0.39 is 0 Å². The first-order valence-corrected chi connectivity index (χ1v) is 7.34. The molecule has 1 unspecified atom stereocenters. The Kier molecular flexibility index (Phi) is 3.28. The molecule has 0 amide bonds. The topological polar surface area (TPSA) is 12.0 Å². The number of fused-ring (bicyclic) bond motifs is 1. The van der Waals surface area contributed by atoms with Gasteiger partial charge in [-0.15, -0.1) is 11.8 Å². The van der Waals surface area contributed by atoms with Gasteiger partial charge in [-0.05, 0) is 30.7 Å². The van der Waals surface area contributed by atoms with Crippen LogP contribution in [0.5, 0.6) is 0 Å². The molecular formula is C16H17NS. The lowest BCUT2D eigenvalue weighted by Gasteiger charge is -2.13. The first-order chi connectivity index (χ1) is 8.83. The van der Waals surface area contributed by atoms with E-state index >= 15 is 0 Å². The van der Waals surface area contributed by atoms with E-state index in [-0.39, 0.29) is 0 Å². The van der Waals surface area contributed by atoms with Gasteiger partial charge < -0.3 is 5.32 Å². The summed E-state index contributed by atoms with van der Waals surface area (Å²) in [5.41, 5.74) is 4.03. The van der Waals surface area contributed by atoms with Crippen molar-refractivity contribution in [1.29, 1.82) is 0 Å². The summed E-state index contributed by atoms with van der Waals surface area (Å²) in [7, 11) is 0. The maximum Gasteiger partial charge on any atom is 0.0340 e.